The van der Waals surface area contributed by atoms with Gasteiger partial charge in [0.2, 0.25) is 0 Å². The Hall–Kier alpha value is -0.341. The maximum atomic E-state index is 10.9. The van der Waals surface area contributed by atoms with Gasteiger partial charge in [-0.15, -0.1) is 0 Å². The summed E-state index contributed by atoms with van der Waals surface area (Å²) in [5.41, 5.74) is 0. The van der Waals surface area contributed by atoms with Crippen molar-refractivity contribution in [2.45, 2.75) is 20.8 Å². The monoisotopic (exact) mass is 221 g/mol. The van der Waals surface area contributed by atoms with Gasteiger partial charge in [-0.05, 0) is 0 Å². The van der Waals surface area contributed by atoms with Crippen LogP contribution in [-0.4, -0.2) is 44.6 Å². The van der Waals surface area contributed by atoms with Crippen molar-refractivity contribution in [1.29, 1.82) is 0 Å². The van der Waals surface area contributed by atoms with E-state index in [9.17, 15) is 4.79 Å². The van der Waals surface area contributed by atoms with E-state index in [-0.39, 0.29) is 5.91 Å². The molecule has 0 rings (SSSR count). The molecule has 0 aromatic rings. The van der Waals surface area contributed by atoms with Crippen LogP contribution in [0, 0.1) is 0 Å². The van der Waals surface area contributed by atoms with Gasteiger partial charge in [0.25, 0.3) is 0 Å². The SMILES string of the molecule is CCN=C([Se])N(CC)C(C)=O. The number of carbonyl (C=O) groups excluding carboxylic acids is 1. The zero-order chi connectivity index (χ0) is 8.85. The first-order valence-electron chi connectivity index (χ1n) is 3.63. The molecule has 0 unspecified atom stereocenters. The van der Waals surface area contributed by atoms with Crippen LogP contribution in [0.25, 0.3) is 0 Å². The first-order chi connectivity index (χ1) is 5.13. The van der Waals surface area contributed by atoms with Crippen LogP contribution in [0.5, 0.6) is 0 Å². The Morgan fingerprint density at radius 1 is 1.55 bits per heavy atom. The van der Waals surface area contributed by atoms with Crippen molar-refractivity contribution in [3.05, 3.63) is 0 Å². The fourth-order valence-corrected chi connectivity index (χ4v) is 1.52. The minimum absolute atomic E-state index is 0.0263. The zero-order valence-corrected chi connectivity index (χ0v) is 8.84. The third kappa shape index (κ3) is 3.54. The molecule has 0 atom stereocenters. The van der Waals surface area contributed by atoms with E-state index >= 15 is 0 Å². The van der Waals surface area contributed by atoms with E-state index in [4.69, 9.17) is 0 Å². The van der Waals surface area contributed by atoms with Crippen LogP contribution in [0.3, 0.4) is 0 Å². The summed E-state index contributed by atoms with van der Waals surface area (Å²) in [5, 5.41) is 0. The van der Waals surface area contributed by atoms with Crippen molar-refractivity contribution in [3.63, 3.8) is 0 Å². The zero-order valence-electron chi connectivity index (χ0n) is 7.13. The number of hydrogen-bond acceptors (Lipinski definition) is 2. The minimum atomic E-state index is 0.0263. The average Bonchev–Trinajstić information content (AvgIpc) is 1.88. The van der Waals surface area contributed by atoms with Gasteiger partial charge in [0.05, 0.1) is 0 Å². The first-order valence-corrected chi connectivity index (χ1v) is 4.48. The van der Waals surface area contributed by atoms with E-state index in [1.54, 1.807) is 4.90 Å². The molecule has 0 fully saturated rings. The Bertz CT molecular complexity index is 168. The molecule has 3 nitrogen and oxygen atoms in total. The Kier molecular flexibility index (Phi) is 5.16. The van der Waals surface area contributed by atoms with Crippen LogP contribution in [0.1, 0.15) is 20.8 Å². The molecule has 63 valence electrons. The summed E-state index contributed by atoms with van der Waals surface area (Å²) in [5.74, 6) is 0.0263. The summed E-state index contributed by atoms with van der Waals surface area (Å²) in [6.07, 6.45) is 0. The first kappa shape index (κ1) is 10.7. The van der Waals surface area contributed by atoms with Crippen molar-refractivity contribution in [3.8, 4) is 0 Å². The molecular weight excluding hydrogens is 207 g/mol. The van der Waals surface area contributed by atoms with Crippen LogP contribution >= 0.6 is 0 Å². The molecule has 0 aliphatic carbocycles. The van der Waals surface area contributed by atoms with E-state index in [0.717, 1.165) is 0 Å². The van der Waals surface area contributed by atoms with Crippen LogP contribution in [0.4, 0.5) is 0 Å². The molecule has 0 aliphatic heterocycles. The Balaban J connectivity index is 4.25. The van der Waals surface area contributed by atoms with Crippen molar-refractivity contribution in [1.82, 2.24) is 4.90 Å². The third-order valence-electron chi connectivity index (χ3n) is 1.22. The van der Waals surface area contributed by atoms with Crippen molar-refractivity contribution in [2.24, 2.45) is 4.99 Å². The average molecular weight is 220 g/mol. The van der Waals surface area contributed by atoms with E-state index in [0.29, 0.717) is 17.8 Å². The van der Waals surface area contributed by atoms with Gasteiger partial charge in [0.15, 0.2) is 0 Å². The number of aliphatic imine (C=N–C) groups is 1. The molecule has 0 heterocycles. The van der Waals surface area contributed by atoms with Crippen LogP contribution in [-0.2, 0) is 4.79 Å². The topological polar surface area (TPSA) is 32.7 Å². The van der Waals surface area contributed by atoms with Gasteiger partial charge >= 0.3 is 75.2 Å². The van der Waals surface area contributed by atoms with Gasteiger partial charge in [-0.3, -0.25) is 0 Å². The molecule has 0 aliphatic rings. The Labute approximate surface area is 75.7 Å². The van der Waals surface area contributed by atoms with Crippen LogP contribution in [0.15, 0.2) is 4.99 Å². The third-order valence-corrected chi connectivity index (χ3v) is 1.95. The number of nitrogens with zero attached hydrogens (tertiary/aromatic N) is 2. The molecule has 4 heteroatoms. The molecule has 0 spiro atoms. The van der Waals surface area contributed by atoms with Gasteiger partial charge < -0.3 is 0 Å². The van der Waals surface area contributed by atoms with Crippen molar-refractivity contribution in [2.75, 3.05) is 13.1 Å². The summed E-state index contributed by atoms with van der Waals surface area (Å²) < 4.78 is 0.683. The number of rotatable bonds is 2. The molecule has 11 heavy (non-hydrogen) atoms. The molecule has 0 bridgehead atoms. The molecule has 0 N–H and O–H groups in total. The summed E-state index contributed by atoms with van der Waals surface area (Å²) in [7, 11) is 0. The van der Waals surface area contributed by atoms with E-state index in [2.05, 4.69) is 21.0 Å². The summed E-state index contributed by atoms with van der Waals surface area (Å²) >= 11 is 2.77. The quantitative estimate of drug-likeness (QED) is 0.376. The predicted octanol–water partition coefficient (Wildman–Crippen LogP) is 0.399. The summed E-state index contributed by atoms with van der Waals surface area (Å²) in [6, 6.07) is 0. The maximum absolute atomic E-state index is 10.9. The number of amidine groups is 1. The number of hydrogen-bond donors (Lipinski definition) is 0. The second-order valence-electron chi connectivity index (χ2n) is 2.02. The number of carbonyl (C=O) groups is 1. The van der Waals surface area contributed by atoms with Crippen LogP contribution < -0.4 is 0 Å². The molecular formula is C7H13N2OSe. The van der Waals surface area contributed by atoms with E-state index in [1.807, 2.05) is 13.8 Å². The fraction of sp³-hybridized carbons (Fsp3) is 0.714. The van der Waals surface area contributed by atoms with Gasteiger partial charge in [0.1, 0.15) is 0 Å². The van der Waals surface area contributed by atoms with Gasteiger partial charge in [-0.1, -0.05) is 0 Å². The molecule has 0 saturated carbocycles. The molecule has 0 aromatic heterocycles. The van der Waals surface area contributed by atoms with E-state index in [1.165, 1.54) is 6.92 Å². The van der Waals surface area contributed by atoms with Crippen LogP contribution in [0.2, 0.25) is 0 Å². The van der Waals surface area contributed by atoms with Gasteiger partial charge in [-0.25, -0.2) is 0 Å². The Morgan fingerprint density at radius 2 is 2.09 bits per heavy atom. The van der Waals surface area contributed by atoms with Gasteiger partial charge in [0, 0.05) is 0 Å². The predicted molar refractivity (Wildman–Crippen MR) is 46.8 cm³/mol. The molecule has 1 amide bonds. The second-order valence-corrected chi connectivity index (χ2v) is 2.79. The van der Waals surface area contributed by atoms with Gasteiger partial charge in [-0.2, -0.15) is 0 Å². The molecule has 1 radical (unpaired) electrons. The standard InChI is InChI=1S/C7H13N2OSe/c1-4-8-7(11)9(5-2)6(3)10/h4-5H2,1-3H3. The normalized spacial score (nSPS) is 11.4. The van der Waals surface area contributed by atoms with Crippen molar-refractivity contribution >= 4 is 26.7 Å². The fourth-order valence-electron chi connectivity index (χ4n) is 0.713. The van der Waals surface area contributed by atoms with Crippen molar-refractivity contribution < 1.29 is 4.79 Å². The Morgan fingerprint density at radius 3 is 2.36 bits per heavy atom. The molecule has 0 saturated heterocycles. The summed E-state index contributed by atoms with van der Waals surface area (Å²) in [4.78, 5) is 16.6. The second kappa shape index (κ2) is 5.33. The number of amides is 1. The molecule has 0 aromatic carbocycles. The summed E-state index contributed by atoms with van der Waals surface area (Å²) in [6.45, 7) is 6.76. The van der Waals surface area contributed by atoms with E-state index < -0.39 is 0 Å².